The Morgan fingerprint density at radius 2 is 1.82 bits per heavy atom. The van der Waals surface area contributed by atoms with Gasteiger partial charge in [-0.05, 0) is 37.1 Å². The molecule has 1 aromatic carbocycles. The number of aliphatic imine (C=N–C) groups is 1. The van der Waals surface area contributed by atoms with Gasteiger partial charge in [-0.25, -0.2) is 4.39 Å². The third-order valence-corrected chi connectivity index (χ3v) is 6.50. The molecule has 2 fully saturated rings. The maximum atomic E-state index is 14.8. The van der Waals surface area contributed by atoms with Crippen molar-refractivity contribution in [3.05, 3.63) is 29.6 Å². The van der Waals surface area contributed by atoms with Crippen molar-refractivity contribution in [1.29, 1.82) is 0 Å². The summed E-state index contributed by atoms with van der Waals surface area (Å²) in [6.07, 6.45) is 1.79. The number of likely N-dealkylation sites (N-methyl/N-ethyl adjacent to an activating group) is 1. The van der Waals surface area contributed by atoms with Gasteiger partial charge in [0.1, 0.15) is 5.82 Å². The minimum atomic E-state index is -0.167. The van der Waals surface area contributed by atoms with E-state index in [2.05, 4.69) is 32.3 Å². The Balaban J connectivity index is 0.00000385. The maximum Gasteiger partial charge on any atom is 0.225 e. The van der Waals surface area contributed by atoms with Gasteiger partial charge >= 0.3 is 0 Å². The summed E-state index contributed by atoms with van der Waals surface area (Å²) in [5.41, 5.74) is 1.58. The molecular formula is C24H40FIN6O. The summed E-state index contributed by atoms with van der Waals surface area (Å²) in [5.74, 6) is 0.809. The standard InChI is InChI=1S/C24H39FN6O.HI/c1-5-29-12-14-30(15-13-29)22-7-6-19(16-21(22)25)17-27-24(26-4)28-20-8-10-31(11-9-20)23(32)18(2)3;/h6-7,16,18,20H,5,8-15,17H2,1-4H3,(H2,26,27,28);1H. The number of nitrogens with one attached hydrogen (secondary N) is 2. The van der Waals surface area contributed by atoms with Crippen LogP contribution >= 0.6 is 24.0 Å². The van der Waals surface area contributed by atoms with Gasteiger partial charge in [0.25, 0.3) is 0 Å². The van der Waals surface area contributed by atoms with Crippen LogP contribution in [0.5, 0.6) is 0 Å². The van der Waals surface area contributed by atoms with E-state index in [0.717, 1.165) is 64.2 Å². The van der Waals surface area contributed by atoms with Crippen molar-refractivity contribution < 1.29 is 9.18 Å². The highest BCUT2D eigenvalue weighted by molar-refractivity contribution is 14.0. The molecule has 2 aliphatic rings. The first-order chi connectivity index (χ1) is 15.4. The fourth-order valence-corrected chi connectivity index (χ4v) is 4.40. The smallest absolute Gasteiger partial charge is 0.225 e. The highest BCUT2D eigenvalue weighted by atomic mass is 127. The maximum absolute atomic E-state index is 14.8. The SMILES string of the molecule is CCN1CCN(c2ccc(CNC(=NC)NC3CCN(C(=O)C(C)C)CC3)cc2F)CC1.I. The molecule has 1 amide bonds. The highest BCUT2D eigenvalue weighted by Crippen LogP contribution is 2.22. The molecule has 0 aromatic heterocycles. The lowest BCUT2D eigenvalue weighted by Gasteiger charge is -2.35. The summed E-state index contributed by atoms with van der Waals surface area (Å²) in [6.45, 7) is 12.8. The quantitative estimate of drug-likeness (QED) is 0.311. The molecule has 0 unspecified atom stereocenters. The molecule has 0 aliphatic carbocycles. The summed E-state index contributed by atoms with van der Waals surface area (Å²) in [7, 11) is 1.74. The minimum Gasteiger partial charge on any atom is -0.367 e. The van der Waals surface area contributed by atoms with E-state index < -0.39 is 0 Å². The van der Waals surface area contributed by atoms with Crippen LogP contribution in [0.3, 0.4) is 0 Å². The molecule has 3 rings (SSSR count). The first-order valence-electron chi connectivity index (χ1n) is 11.9. The van der Waals surface area contributed by atoms with Crippen LogP contribution in [-0.2, 0) is 11.3 Å². The number of nitrogens with zero attached hydrogens (tertiary/aromatic N) is 4. The minimum absolute atomic E-state index is 0. The van der Waals surface area contributed by atoms with Crippen molar-refractivity contribution in [2.75, 3.05) is 57.8 Å². The molecule has 2 heterocycles. The van der Waals surface area contributed by atoms with Gasteiger partial charge in [-0.3, -0.25) is 9.79 Å². The van der Waals surface area contributed by atoms with E-state index in [0.29, 0.717) is 18.2 Å². The number of halogens is 2. The van der Waals surface area contributed by atoms with Gasteiger partial charge in [0.05, 0.1) is 5.69 Å². The average Bonchev–Trinajstić information content (AvgIpc) is 2.81. The Morgan fingerprint density at radius 1 is 1.15 bits per heavy atom. The van der Waals surface area contributed by atoms with E-state index in [-0.39, 0.29) is 47.7 Å². The fourth-order valence-electron chi connectivity index (χ4n) is 4.40. The van der Waals surface area contributed by atoms with Crippen LogP contribution in [0, 0.1) is 11.7 Å². The number of piperazine rings is 1. The van der Waals surface area contributed by atoms with Gasteiger partial charge in [-0.15, -0.1) is 24.0 Å². The van der Waals surface area contributed by atoms with Crippen molar-refractivity contribution in [1.82, 2.24) is 20.4 Å². The summed E-state index contributed by atoms with van der Waals surface area (Å²) in [4.78, 5) is 22.9. The lowest BCUT2D eigenvalue weighted by Crippen LogP contribution is -2.50. The second-order valence-electron chi connectivity index (χ2n) is 9.03. The Hall–Kier alpha value is -1.62. The number of piperidine rings is 1. The number of carbonyl (C=O) groups excluding carboxylic acids is 1. The van der Waals surface area contributed by atoms with Crippen LogP contribution < -0.4 is 15.5 Å². The number of hydrogen-bond acceptors (Lipinski definition) is 4. The second kappa shape index (κ2) is 13.3. The molecule has 0 saturated carbocycles. The van der Waals surface area contributed by atoms with Crippen molar-refractivity contribution in [2.45, 2.75) is 46.2 Å². The lowest BCUT2D eigenvalue weighted by atomic mass is 10.0. The lowest BCUT2D eigenvalue weighted by molar-refractivity contribution is -0.135. The van der Waals surface area contributed by atoms with Gasteiger partial charge in [0.15, 0.2) is 5.96 Å². The highest BCUT2D eigenvalue weighted by Gasteiger charge is 2.24. The van der Waals surface area contributed by atoms with Crippen LogP contribution in [0.2, 0.25) is 0 Å². The number of rotatable bonds is 6. The van der Waals surface area contributed by atoms with Crippen molar-refractivity contribution in [3.8, 4) is 0 Å². The summed E-state index contributed by atoms with van der Waals surface area (Å²) in [6, 6.07) is 5.78. The molecule has 0 spiro atoms. The fraction of sp³-hybridized carbons (Fsp3) is 0.667. The molecule has 2 N–H and O–H groups in total. The van der Waals surface area contributed by atoms with Crippen LogP contribution in [0.25, 0.3) is 0 Å². The number of amides is 1. The van der Waals surface area contributed by atoms with E-state index in [9.17, 15) is 9.18 Å². The number of guanidine groups is 1. The number of anilines is 1. The largest absolute Gasteiger partial charge is 0.367 e. The molecule has 186 valence electrons. The summed E-state index contributed by atoms with van der Waals surface area (Å²) >= 11 is 0. The molecular weight excluding hydrogens is 534 g/mol. The number of benzene rings is 1. The molecule has 7 nitrogen and oxygen atoms in total. The normalized spacial score (nSPS) is 18.3. The van der Waals surface area contributed by atoms with Gasteiger partial charge in [0, 0.05) is 64.8 Å². The zero-order valence-corrected chi connectivity index (χ0v) is 22.8. The molecule has 0 radical (unpaired) electrons. The van der Waals surface area contributed by atoms with E-state index in [1.54, 1.807) is 13.1 Å². The van der Waals surface area contributed by atoms with E-state index in [1.165, 1.54) is 0 Å². The van der Waals surface area contributed by atoms with Gasteiger partial charge in [-0.1, -0.05) is 26.8 Å². The zero-order chi connectivity index (χ0) is 23.1. The third kappa shape index (κ3) is 7.70. The number of carbonyl (C=O) groups is 1. The molecule has 9 heteroatoms. The van der Waals surface area contributed by atoms with Crippen molar-refractivity contribution >= 4 is 41.5 Å². The molecule has 2 saturated heterocycles. The van der Waals surface area contributed by atoms with Gasteiger partial charge < -0.3 is 25.3 Å². The summed E-state index contributed by atoms with van der Waals surface area (Å²) < 4.78 is 14.8. The number of likely N-dealkylation sites (tertiary alicyclic amines) is 1. The molecule has 0 bridgehead atoms. The first kappa shape index (κ1) is 27.6. The predicted octanol–water partition coefficient (Wildman–Crippen LogP) is 2.90. The Morgan fingerprint density at radius 3 is 2.36 bits per heavy atom. The molecule has 33 heavy (non-hydrogen) atoms. The van der Waals surface area contributed by atoms with E-state index in [1.807, 2.05) is 30.9 Å². The van der Waals surface area contributed by atoms with Crippen LogP contribution in [0.4, 0.5) is 10.1 Å². The zero-order valence-electron chi connectivity index (χ0n) is 20.4. The average molecular weight is 575 g/mol. The first-order valence-corrected chi connectivity index (χ1v) is 11.9. The Labute approximate surface area is 215 Å². The van der Waals surface area contributed by atoms with Gasteiger partial charge in [0.2, 0.25) is 5.91 Å². The van der Waals surface area contributed by atoms with E-state index >= 15 is 0 Å². The van der Waals surface area contributed by atoms with Crippen LogP contribution in [0.15, 0.2) is 23.2 Å². The van der Waals surface area contributed by atoms with E-state index in [4.69, 9.17) is 0 Å². The molecule has 2 aliphatic heterocycles. The van der Waals surface area contributed by atoms with Gasteiger partial charge in [-0.2, -0.15) is 0 Å². The number of hydrogen-bond donors (Lipinski definition) is 2. The monoisotopic (exact) mass is 574 g/mol. The Kier molecular flexibility index (Phi) is 11.1. The van der Waals surface area contributed by atoms with Crippen LogP contribution in [-0.4, -0.2) is 80.6 Å². The predicted molar refractivity (Wildman–Crippen MR) is 144 cm³/mol. The van der Waals surface area contributed by atoms with Crippen molar-refractivity contribution in [3.63, 3.8) is 0 Å². The molecule has 1 aromatic rings. The topological polar surface area (TPSA) is 63.2 Å². The summed E-state index contributed by atoms with van der Waals surface area (Å²) in [5, 5.41) is 6.74. The van der Waals surface area contributed by atoms with Crippen molar-refractivity contribution in [2.24, 2.45) is 10.9 Å². The third-order valence-electron chi connectivity index (χ3n) is 6.50. The Bertz CT molecular complexity index is 789. The van der Waals surface area contributed by atoms with Crippen LogP contribution in [0.1, 0.15) is 39.2 Å². The second-order valence-corrected chi connectivity index (χ2v) is 9.03. The molecule has 0 atom stereocenters.